The Morgan fingerprint density at radius 3 is 2.33 bits per heavy atom. The molecule has 270 valence electrons. The molecule has 4 aliphatic rings. The van der Waals surface area contributed by atoms with Gasteiger partial charge in [-0.25, -0.2) is 14.5 Å². The summed E-state index contributed by atoms with van der Waals surface area (Å²) in [4.78, 5) is 41.8. The fraction of sp³-hybridized carbons (Fsp3) is 0.500. The van der Waals surface area contributed by atoms with Gasteiger partial charge in [0.25, 0.3) is 5.91 Å². The quantitative estimate of drug-likeness (QED) is 0.277. The third-order valence-corrected chi connectivity index (χ3v) is 12.4. The number of benzene rings is 3. The van der Waals surface area contributed by atoms with Crippen LogP contribution in [0.25, 0.3) is 0 Å². The van der Waals surface area contributed by atoms with Gasteiger partial charge in [-0.05, 0) is 88.0 Å². The highest BCUT2D eigenvalue weighted by molar-refractivity contribution is 6.07. The van der Waals surface area contributed by atoms with E-state index in [0.717, 1.165) is 42.5 Å². The van der Waals surface area contributed by atoms with Crippen LogP contribution in [0.2, 0.25) is 0 Å². The second kappa shape index (κ2) is 12.6. The predicted octanol–water partition coefficient (Wildman–Crippen LogP) is 8.89. The standard InChI is InChI=1S/C42H51N3O6/c1-26-18-19-33-40(5,6)34(44-37(47)43-28-16-12-9-13-17-28)20-21-42(33)41(26,7)23-30-32(49-25-27-14-10-8-11-15-27)22-29-31(35(30)50-42)24-45(36(29)46)38(48)51-39(2,3)4/h8-17,22,26,33-34H,18-21,23-25H2,1-7H3,(H2,43,44,47)/t26-,33-,34-,41+,42-/m0/s1. The molecule has 9 heteroatoms. The van der Waals surface area contributed by atoms with Crippen LogP contribution in [-0.2, 0) is 24.3 Å². The van der Waals surface area contributed by atoms with Gasteiger partial charge >= 0.3 is 12.1 Å². The van der Waals surface area contributed by atoms with Crippen molar-refractivity contribution in [2.75, 3.05) is 5.32 Å². The lowest BCUT2D eigenvalue weighted by atomic mass is 9.43. The molecular formula is C42H51N3O6. The average molecular weight is 694 g/mol. The van der Waals surface area contributed by atoms with Crippen LogP contribution in [0.15, 0.2) is 66.7 Å². The molecule has 4 amide bonds. The first-order valence-electron chi connectivity index (χ1n) is 18.3. The SMILES string of the molecule is C[C@H]1CC[C@H]2C(C)(C)[C@@H](NC(=O)Nc3ccccc3)CC[C@]23Oc2c(c(OCc4ccccc4)cc4c2CN(C(=O)OC(C)(C)C)C4=O)C[C@]13C. The number of carbonyl (C=O) groups excluding carboxylic acids is 3. The van der Waals surface area contributed by atoms with E-state index >= 15 is 0 Å². The zero-order valence-electron chi connectivity index (χ0n) is 30.9. The lowest BCUT2D eigenvalue weighted by Gasteiger charge is -2.67. The molecule has 2 fully saturated rings. The summed E-state index contributed by atoms with van der Waals surface area (Å²) >= 11 is 0. The van der Waals surface area contributed by atoms with Crippen molar-refractivity contribution in [3.63, 3.8) is 0 Å². The molecule has 1 spiro atoms. The van der Waals surface area contributed by atoms with Gasteiger partial charge in [0.05, 0.1) is 12.1 Å². The zero-order valence-corrected chi connectivity index (χ0v) is 30.9. The summed E-state index contributed by atoms with van der Waals surface area (Å²) in [7, 11) is 0. The van der Waals surface area contributed by atoms with Crippen molar-refractivity contribution in [1.82, 2.24) is 10.2 Å². The van der Waals surface area contributed by atoms with E-state index in [4.69, 9.17) is 14.2 Å². The second-order valence-electron chi connectivity index (χ2n) is 16.8. The number of anilines is 1. The average Bonchev–Trinajstić information content (AvgIpc) is 3.41. The number of imide groups is 1. The van der Waals surface area contributed by atoms with Crippen molar-refractivity contribution in [3.8, 4) is 11.5 Å². The van der Waals surface area contributed by atoms with E-state index < -0.39 is 23.2 Å². The number of rotatable bonds is 5. The Hall–Kier alpha value is -4.53. The summed E-state index contributed by atoms with van der Waals surface area (Å²) in [6.45, 7) is 15.0. The number of fused-ring (bicyclic) bond motifs is 3. The van der Waals surface area contributed by atoms with Crippen LogP contribution in [-0.4, -0.2) is 40.2 Å². The van der Waals surface area contributed by atoms with Gasteiger partial charge in [0, 0.05) is 34.2 Å². The third-order valence-electron chi connectivity index (χ3n) is 12.4. The molecule has 7 rings (SSSR count). The van der Waals surface area contributed by atoms with Crippen LogP contribution in [0.4, 0.5) is 15.3 Å². The van der Waals surface area contributed by atoms with E-state index in [2.05, 4.69) is 38.3 Å². The minimum Gasteiger partial charge on any atom is -0.488 e. The van der Waals surface area contributed by atoms with E-state index in [1.54, 1.807) is 20.8 Å². The smallest absolute Gasteiger partial charge is 0.417 e. The Morgan fingerprint density at radius 2 is 1.65 bits per heavy atom. The molecule has 0 unspecified atom stereocenters. The molecule has 3 aromatic carbocycles. The molecule has 2 aliphatic heterocycles. The maximum absolute atomic E-state index is 14.0. The van der Waals surface area contributed by atoms with Crippen LogP contribution in [0.1, 0.15) is 101 Å². The second-order valence-corrected chi connectivity index (χ2v) is 16.8. The molecule has 0 bridgehead atoms. The van der Waals surface area contributed by atoms with Crippen LogP contribution in [0.3, 0.4) is 0 Å². The Labute approximate surface area is 301 Å². The fourth-order valence-electron chi connectivity index (χ4n) is 9.47. The topological polar surface area (TPSA) is 106 Å². The van der Waals surface area contributed by atoms with E-state index in [9.17, 15) is 14.4 Å². The highest BCUT2D eigenvalue weighted by Gasteiger charge is 2.68. The van der Waals surface area contributed by atoms with Gasteiger partial charge in [-0.15, -0.1) is 0 Å². The number of carbonyl (C=O) groups is 3. The molecule has 2 heterocycles. The summed E-state index contributed by atoms with van der Waals surface area (Å²) in [6, 6.07) is 21.0. The van der Waals surface area contributed by atoms with E-state index in [1.807, 2.05) is 66.7 Å². The number of ether oxygens (including phenoxy) is 3. The third kappa shape index (κ3) is 6.02. The van der Waals surface area contributed by atoms with Crippen molar-refractivity contribution in [2.45, 2.75) is 111 Å². The largest absolute Gasteiger partial charge is 0.488 e. The Kier molecular flexibility index (Phi) is 8.62. The summed E-state index contributed by atoms with van der Waals surface area (Å²) < 4.78 is 19.8. The van der Waals surface area contributed by atoms with Gasteiger partial charge in [-0.2, -0.15) is 0 Å². The van der Waals surface area contributed by atoms with Gasteiger partial charge in [0.1, 0.15) is 29.3 Å². The Bertz CT molecular complexity index is 1840. The molecule has 3 aromatic rings. The molecule has 0 saturated heterocycles. The summed E-state index contributed by atoms with van der Waals surface area (Å²) in [5, 5.41) is 6.32. The number of hydrogen-bond acceptors (Lipinski definition) is 6. The fourth-order valence-corrected chi connectivity index (χ4v) is 9.47. The highest BCUT2D eigenvalue weighted by atomic mass is 16.6. The van der Waals surface area contributed by atoms with Crippen molar-refractivity contribution in [2.24, 2.45) is 22.7 Å². The van der Waals surface area contributed by atoms with Crippen molar-refractivity contribution in [3.05, 3.63) is 89.0 Å². The first-order chi connectivity index (χ1) is 24.1. The molecule has 2 saturated carbocycles. The van der Waals surface area contributed by atoms with Crippen LogP contribution in [0.5, 0.6) is 11.5 Å². The van der Waals surface area contributed by atoms with Crippen LogP contribution < -0.4 is 20.1 Å². The van der Waals surface area contributed by atoms with E-state index in [0.29, 0.717) is 41.6 Å². The predicted molar refractivity (Wildman–Crippen MR) is 196 cm³/mol. The minimum absolute atomic E-state index is 0.0740. The van der Waals surface area contributed by atoms with Gasteiger partial charge < -0.3 is 24.8 Å². The molecule has 2 N–H and O–H groups in total. The normalized spacial score (nSPS) is 27.5. The maximum Gasteiger partial charge on any atom is 0.417 e. The summed E-state index contributed by atoms with van der Waals surface area (Å²) in [5.74, 6) is 1.32. The Morgan fingerprint density at radius 1 is 0.961 bits per heavy atom. The molecule has 2 aliphatic carbocycles. The number of nitrogens with one attached hydrogen (secondary N) is 2. The van der Waals surface area contributed by atoms with Crippen molar-refractivity contribution >= 4 is 23.7 Å². The maximum atomic E-state index is 14.0. The minimum atomic E-state index is -0.755. The molecule has 0 aromatic heterocycles. The molecule has 9 nitrogen and oxygen atoms in total. The van der Waals surface area contributed by atoms with Crippen molar-refractivity contribution < 1.29 is 28.6 Å². The lowest BCUT2D eigenvalue weighted by Crippen LogP contribution is -2.72. The monoisotopic (exact) mass is 693 g/mol. The number of amides is 4. The van der Waals surface area contributed by atoms with Gasteiger partial charge in [-0.1, -0.05) is 76.2 Å². The number of urea groups is 1. The number of hydrogen-bond donors (Lipinski definition) is 2. The van der Waals surface area contributed by atoms with E-state index in [1.165, 1.54) is 4.90 Å². The van der Waals surface area contributed by atoms with Crippen molar-refractivity contribution in [1.29, 1.82) is 0 Å². The zero-order chi connectivity index (χ0) is 36.3. The van der Waals surface area contributed by atoms with Gasteiger partial charge in [0.15, 0.2) is 0 Å². The first kappa shape index (κ1) is 34.9. The Balaban J connectivity index is 1.27. The number of para-hydroxylation sites is 1. The molecule has 0 radical (unpaired) electrons. The summed E-state index contributed by atoms with van der Waals surface area (Å²) in [6.07, 6.45) is 3.50. The van der Waals surface area contributed by atoms with Crippen LogP contribution in [0, 0.1) is 22.7 Å². The highest BCUT2D eigenvalue weighted by Crippen LogP contribution is 2.67. The van der Waals surface area contributed by atoms with Gasteiger partial charge in [-0.3, -0.25) is 4.79 Å². The van der Waals surface area contributed by atoms with Crippen LogP contribution >= 0.6 is 0 Å². The van der Waals surface area contributed by atoms with E-state index in [-0.39, 0.29) is 35.4 Å². The van der Waals surface area contributed by atoms with Gasteiger partial charge in [0.2, 0.25) is 0 Å². The first-order valence-corrected chi connectivity index (χ1v) is 18.3. The lowest BCUT2D eigenvalue weighted by molar-refractivity contribution is -0.216. The molecular weight excluding hydrogens is 642 g/mol. The molecule has 51 heavy (non-hydrogen) atoms. The summed E-state index contributed by atoms with van der Waals surface area (Å²) in [5.41, 5.74) is 1.94. The number of nitrogens with zero attached hydrogens (tertiary/aromatic N) is 1. The molecule has 5 atom stereocenters.